The van der Waals surface area contributed by atoms with Gasteiger partial charge in [0.1, 0.15) is 19.3 Å². The van der Waals surface area contributed by atoms with E-state index in [9.17, 15) is 43.2 Å². The molecule has 0 aromatic heterocycles. The van der Waals surface area contributed by atoms with E-state index in [0.29, 0.717) is 51.4 Å². The Morgan fingerprint density at radius 2 is 0.473 bits per heavy atom. The lowest BCUT2D eigenvalue weighted by atomic mass is 10.2. The van der Waals surface area contributed by atoms with Crippen molar-refractivity contribution in [1.29, 1.82) is 0 Å². The molecule has 0 amide bonds. The van der Waals surface area contributed by atoms with Crippen LogP contribution in [0.1, 0.15) is 259 Å². The molecule has 0 fully saturated rings. The van der Waals surface area contributed by atoms with Crippen LogP contribution in [0.15, 0.2) is 243 Å². The number of carbonyl (C=O) groups excluding carboxylic acids is 4. The minimum Gasteiger partial charge on any atom is -0.462 e. The molecule has 19 heteroatoms. The molecule has 0 heterocycles. The van der Waals surface area contributed by atoms with Crippen LogP contribution in [0.25, 0.3) is 0 Å². The highest BCUT2D eigenvalue weighted by Crippen LogP contribution is 2.45. The molecule has 3 N–H and O–H groups in total. The minimum atomic E-state index is -5.04. The molecule has 0 aliphatic rings. The van der Waals surface area contributed by atoms with Crippen molar-refractivity contribution >= 4 is 39.5 Å². The van der Waals surface area contributed by atoms with Gasteiger partial charge in [-0.1, -0.05) is 296 Å². The van der Waals surface area contributed by atoms with E-state index in [1.54, 1.807) is 0 Å². The van der Waals surface area contributed by atoms with Crippen LogP contribution in [0.2, 0.25) is 0 Å². The van der Waals surface area contributed by atoms with Gasteiger partial charge in [-0.25, -0.2) is 9.13 Å². The highest BCUT2D eigenvalue weighted by molar-refractivity contribution is 7.47. The predicted octanol–water partition coefficient (Wildman–Crippen LogP) is 24.8. The van der Waals surface area contributed by atoms with Crippen molar-refractivity contribution in [2.75, 3.05) is 39.6 Å². The Hall–Kier alpha value is -7.14. The Balaban J connectivity index is 5.65. The van der Waals surface area contributed by atoms with E-state index < -0.39 is 97.5 Å². The Labute approximate surface area is 676 Å². The van der Waals surface area contributed by atoms with Gasteiger partial charge in [0.05, 0.1) is 26.4 Å². The molecule has 2 unspecified atom stereocenters. The second-order valence-corrected chi connectivity index (χ2v) is 29.1. The van der Waals surface area contributed by atoms with Crippen molar-refractivity contribution in [2.45, 2.75) is 277 Å². The lowest BCUT2D eigenvalue weighted by molar-refractivity contribution is -0.161. The van der Waals surface area contributed by atoms with Gasteiger partial charge in [-0.2, -0.15) is 0 Å². The number of phosphoric acid groups is 2. The fraction of sp³-hybridized carbons (Fsp3) is 0.527. The molecule has 0 rings (SSSR count). The van der Waals surface area contributed by atoms with Crippen molar-refractivity contribution < 1.29 is 80.2 Å². The summed E-state index contributed by atoms with van der Waals surface area (Å²) in [4.78, 5) is 73.1. The van der Waals surface area contributed by atoms with Crippen LogP contribution in [0, 0.1) is 0 Å². The van der Waals surface area contributed by atoms with Crippen molar-refractivity contribution in [2.24, 2.45) is 0 Å². The highest BCUT2D eigenvalue weighted by atomic mass is 31.2. The normalized spacial score (nSPS) is 15.0. The van der Waals surface area contributed by atoms with E-state index in [2.05, 4.69) is 210 Å². The summed E-state index contributed by atoms with van der Waals surface area (Å²) in [6.45, 7) is 4.24. The zero-order valence-corrected chi connectivity index (χ0v) is 70.3. The topological polar surface area (TPSA) is 237 Å². The number of phosphoric ester groups is 2. The van der Waals surface area contributed by atoms with E-state index in [4.69, 9.17) is 37.0 Å². The molecular formula is C93H142O17P2. The van der Waals surface area contributed by atoms with Gasteiger partial charge >= 0.3 is 39.5 Å². The Morgan fingerprint density at radius 3 is 0.750 bits per heavy atom. The van der Waals surface area contributed by atoms with Crippen LogP contribution >= 0.6 is 15.6 Å². The first-order valence-electron chi connectivity index (χ1n) is 41.3. The van der Waals surface area contributed by atoms with Crippen LogP contribution < -0.4 is 0 Å². The Kier molecular flexibility index (Phi) is 76.6. The smallest absolute Gasteiger partial charge is 0.462 e. The quantitative estimate of drug-likeness (QED) is 0.0169. The summed E-state index contributed by atoms with van der Waals surface area (Å²) in [6.07, 6.45) is 108. The number of allylic oxidation sites excluding steroid dienone is 40. The molecular weight excluding hydrogens is 1450 g/mol. The van der Waals surface area contributed by atoms with Gasteiger partial charge in [0.2, 0.25) is 0 Å². The Morgan fingerprint density at radius 1 is 0.259 bits per heavy atom. The molecule has 0 saturated heterocycles. The van der Waals surface area contributed by atoms with Gasteiger partial charge in [0, 0.05) is 25.7 Å². The third-order valence-corrected chi connectivity index (χ3v) is 17.7. The number of hydrogen-bond donors (Lipinski definition) is 3. The second kappa shape index (κ2) is 81.9. The van der Waals surface area contributed by atoms with Gasteiger partial charge < -0.3 is 33.8 Å². The maximum Gasteiger partial charge on any atom is 0.472 e. The van der Waals surface area contributed by atoms with Crippen LogP contribution in [-0.4, -0.2) is 96.7 Å². The number of unbranched alkanes of at least 4 members (excludes halogenated alkanes) is 8. The number of aliphatic hydroxyl groups is 1. The van der Waals surface area contributed by atoms with E-state index in [-0.39, 0.29) is 25.7 Å². The fourth-order valence-electron chi connectivity index (χ4n) is 9.61. The fourth-order valence-corrected chi connectivity index (χ4v) is 11.2. The molecule has 17 nitrogen and oxygen atoms in total. The van der Waals surface area contributed by atoms with E-state index in [0.717, 1.165) is 116 Å². The maximum atomic E-state index is 13.1. The number of hydrogen-bond acceptors (Lipinski definition) is 15. The number of esters is 4. The predicted molar refractivity (Wildman–Crippen MR) is 463 cm³/mol. The molecule has 0 aromatic rings. The van der Waals surface area contributed by atoms with Crippen molar-refractivity contribution in [3.05, 3.63) is 243 Å². The average Bonchev–Trinajstić information content (AvgIpc) is 0.900. The summed E-state index contributed by atoms with van der Waals surface area (Å²) in [6, 6.07) is 0. The second-order valence-electron chi connectivity index (χ2n) is 26.2. The third kappa shape index (κ3) is 80.9. The molecule has 0 aliphatic carbocycles. The molecule has 112 heavy (non-hydrogen) atoms. The van der Waals surface area contributed by atoms with Gasteiger partial charge in [0.15, 0.2) is 12.2 Å². The highest BCUT2D eigenvalue weighted by Gasteiger charge is 2.30. The van der Waals surface area contributed by atoms with Crippen LogP contribution in [-0.2, 0) is 65.4 Å². The Bertz CT molecular complexity index is 3090. The standard InChI is InChI=1S/C93H142O17P2/c1-5-9-13-17-21-25-29-33-37-41-43-47-50-54-58-62-66-70-74-78-91(96)104-84-88(109-92(97)79-75-71-67-63-59-55-51-46-40-36-32-28-24-20-16-12-8-4)85-107-111(99,100)105-81-87(94)82-106-112(101,102)108-86-89(83-103-90(95)77-73-69-65-61-57-53-49-45-39-35-31-27-23-19-15-11-7-3)110-93(98)80-76-72-68-64-60-56-52-48-44-42-38-34-30-26-22-18-14-10-6-2/h9-10,13-14,21-28,33-40,43-44,47-49,51,53-56,58,60-61,63,65-68,70,72,87-89,94H,5-8,11-12,15-20,29-32,41-42,45-46,50,52,57,59,62,64,69,71,73-86H2,1-4H3,(H,99,100)(H,101,102)/b13-9-,14-10-,25-21-,26-22-,27-23-,28-24-,37-33-,38-34-,39-35-,40-36-,47-43-,48-44-,53-49-,55-51-,58-54-,60-56-,65-61-,67-63-,70-66-,72-68-/t87-,88-,89-/m1/s1. The third-order valence-electron chi connectivity index (χ3n) is 15.8. The van der Waals surface area contributed by atoms with E-state index in [1.165, 1.54) is 38.5 Å². The van der Waals surface area contributed by atoms with Crippen LogP contribution in [0.5, 0.6) is 0 Å². The van der Waals surface area contributed by atoms with Crippen molar-refractivity contribution in [3.63, 3.8) is 0 Å². The van der Waals surface area contributed by atoms with Crippen molar-refractivity contribution in [1.82, 2.24) is 0 Å². The maximum absolute atomic E-state index is 13.1. The van der Waals surface area contributed by atoms with Crippen LogP contribution in [0.3, 0.4) is 0 Å². The number of rotatable bonds is 74. The van der Waals surface area contributed by atoms with Gasteiger partial charge in [-0.05, 0) is 180 Å². The molecule has 5 atom stereocenters. The summed E-state index contributed by atoms with van der Waals surface area (Å²) in [5, 5.41) is 10.7. The van der Waals surface area contributed by atoms with Gasteiger partial charge in [-0.3, -0.25) is 37.3 Å². The first-order chi connectivity index (χ1) is 54.7. The summed E-state index contributed by atoms with van der Waals surface area (Å²) in [7, 11) is -10.1. The summed E-state index contributed by atoms with van der Waals surface area (Å²) < 4.78 is 68.4. The number of carbonyl (C=O) groups is 4. The molecule has 0 radical (unpaired) electrons. The molecule has 0 aliphatic heterocycles. The van der Waals surface area contributed by atoms with Gasteiger partial charge in [0.25, 0.3) is 0 Å². The molecule has 0 spiro atoms. The minimum absolute atomic E-state index is 0.0105. The first kappa shape index (κ1) is 105. The average molecular weight is 1590 g/mol. The lowest BCUT2D eigenvalue weighted by Crippen LogP contribution is -2.30. The lowest BCUT2D eigenvalue weighted by Gasteiger charge is -2.21. The molecule has 0 aromatic carbocycles. The van der Waals surface area contributed by atoms with Crippen molar-refractivity contribution in [3.8, 4) is 0 Å². The summed E-state index contributed by atoms with van der Waals surface area (Å²) in [5.41, 5.74) is 0. The largest absolute Gasteiger partial charge is 0.472 e. The summed E-state index contributed by atoms with van der Waals surface area (Å²) >= 11 is 0. The van der Waals surface area contributed by atoms with E-state index >= 15 is 0 Å². The number of ether oxygens (including phenoxy) is 4. The SMILES string of the molecule is CC/C=C\C/C=C\C/C=C\C/C=C\C/C=C\C/C=C\CCC(=O)OC[C@H](COP(=O)(O)OC[C@@H](O)COP(=O)(O)OC[C@@H](COC(=O)CCC/C=C\C/C=C\C/C=C\C/C=C\CCCCC)OC(=O)CC/C=C\C/C=C\C/C=C\C/C=C\C/C=C\C/C=C\CC)OC(=O)CCC/C=C\C/C=C\C/C=C\C/C=C\CCCCC. The monoisotopic (exact) mass is 1590 g/mol. The first-order valence-corrected chi connectivity index (χ1v) is 44.3. The molecule has 0 bridgehead atoms. The van der Waals surface area contributed by atoms with Crippen LogP contribution in [0.4, 0.5) is 0 Å². The zero-order valence-electron chi connectivity index (χ0n) is 68.5. The molecule has 0 saturated carbocycles. The summed E-state index contributed by atoms with van der Waals surface area (Å²) in [5.74, 6) is -2.54. The van der Waals surface area contributed by atoms with E-state index in [1.807, 2.05) is 60.8 Å². The zero-order chi connectivity index (χ0) is 81.7. The molecule has 626 valence electrons. The number of aliphatic hydroxyl groups excluding tert-OH is 1. The van der Waals surface area contributed by atoms with Gasteiger partial charge in [-0.15, -0.1) is 0 Å².